The van der Waals surface area contributed by atoms with Crippen molar-refractivity contribution < 1.29 is 14.3 Å². The molecule has 1 aromatic heterocycles. The minimum absolute atomic E-state index is 0.0834. The van der Waals surface area contributed by atoms with Gasteiger partial charge in [0.05, 0.1) is 30.7 Å². The number of aromatic nitrogens is 1. The van der Waals surface area contributed by atoms with Crippen molar-refractivity contribution in [3.05, 3.63) is 22.5 Å². The number of hydrogen-bond acceptors (Lipinski definition) is 5. The van der Waals surface area contributed by atoms with Gasteiger partial charge < -0.3 is 19.8 Å². The molecule has 0 spiro atoms. The highest BCUT2D eigenvalue weighted by Crippen LogP contribution is 2.17. The Kier molecular flexibility index (Phi) is 7.70. The van der Waals surface area contributed by atoms with E-state index in [1.54, 1.807) is 20.2 Å². The van der Waals surface area contributed by atoms with Crippen molar-refractivity contribution in [2.45, 2.75) is 33.7 Å². The van der Waals surface area contributed by atoms with Crippen molar-refractivity contribution in [3.63, 3.8) is 0 Å². The number of nitrogens with one attached hydrogen (secondary N) is 3. The molecule has 1 rings (SSSR count). The number of rotatable bonds is 7. The molecule has 0 aliphatic rings. The van der Waals surface area contributed by atoms with Crippen LogP contribution in [-0.2, 0) is 9.47 Å². The summed E-state index contributed by atoms with van der Waals surface area (Å²) in [5.74, 6) is -0.336. The first kappa shape index (κ1) is 19.1. The summed E-state index contributed by atoms with van der Waals surface area (Å²) in [5.41, 5.74) is 5.54. The Morgan fingerprint density at radius 1 is 1.48 bits per heavy atom. The molecule has 1 heterocycles. The van der Waals surface area contributed by atoms with Crippen molar-refractivity contribution in [2.75, 3.05) is 20.3 Å². The van der Waals surface area contributed by atoms with Crippen LogP contribution in [0.25, 0.3) is 0 Å². The SMILES string of the molecule is CCOC(=O)c1c(C)[nH]c(/C=N/NC(=S)N[C@H](C)COC)c1C. The molecule has 0 saturated heterocycles. The number of carbonyl (C=O) groups excluding carboxylic acids is 1. The highest BCUT2D eigenvalue weighted by molar-refractivity contribution is 7.80. The van der Waals surface area contributed by atoms with Gasteiger partial charge in [-0.1, -0.05) is 0 Å². The number of hydrazone groups is 1. The quantitative estimate of drug-likeness (QED) is 0.303. The molecule has 0 amide bonds. The van der Waals surface area contributed by atoms with Crippen LogP contribution in [0.3, 0.4) is 0 Å². The number of methoxy groups -OCH3 is 1. The number of hydrogen-bond donors (Lipinski definition) is 3. The van der Waals surface area contributed by atoms with Gasteiger partial charge in [0.1, 0.15) is 0 Å². The predicted molar refractivity (Wildman–Crippen MR) is 94.0 cm³/mol. The molecular weight excluding hydrogens is 316 g/mol. The maximum atomic E-state index is 11.9. The first-order valence-corrected chi connectivity index (χ1v) is 7.76. The lowest BCUT2D eigenvalue weighted by atomic mass is 10.1. The lowest BCUT2D eigenvalue weighted by molar-refractivity contribution is 0.0525. The molecule has 1 atom stereocenters. The second kappa shape index (κ2) is 9.26. The van der Waals surface area contributed by atoms with E-state index in [1.165, 1.54) is 0 Å². The van der Waals surface area contributed by atoms with Gasteiger partial charge in [-0.25, -0.2) is 4.79 Å². The number of carbonyl (C=O) groups is 1. The van der Waals surface area contributed by atoms with Gasteiger partial charge in [0.2, 0.25) is 0 Å². The Morgan fingerprint density at radius 3 is 2.78 bits per heavy atom. The minimum atomic E-state index is -0.336. The van der Waals surface area contributed by atoms with Crippen LogP contribution >= 0.6 is 12.2 Å². The molecule has 0 aliphatic heterocycles. The van der Waals surface area contributed by atoms with E-state index in [4.69, 9.17) is 21.7 Å². The first-order chi connectivity index (χ1) is 10.9. The standard InChI is InChI=1S/C15H24N4O3S/c1-6-22-14(20)13-10(3)12(18-11(13)4)7-16-19-15(23)17-9(2)8-21-5/h7,9,18H,6,8H2,1-5H3,(H2,17,19,23)/b16-7+/t9-/m1/s1. The third kappa shape index (κ3) is 5.65. The molecule has 0 saturated carbocycles. The summed E-state index contributed by atoms with van der Waals surface area (Å²) in [6.45, 7) is 8.28. The fourth-order valence-electron chi connectivity index (χ4n) is 2.12. The smallest absolute Gasteiger partial charge is 0.340 e. The second-order valence-electron chi connectivity index (χ2n) is 5.08. The highest BCUT2D eigenvalue weighted by atomic mass is 32.1. The average molecular weight is 340 g/mol. The monoisotopic (exact) mass is 340 g/mol. The van der Waals surface area contributed by atoms with Gasteiger partial charge >= 0.3 is 5.97 Å². The molecule has 7 nitrogen and oxygen atoms in total. The van der Waals surface area contributed by atoms with E-state index < -0.39 is 0 Å². The molecular formula is C15H24N4O3S. The van der Waals surface area contributed by atoms with E-state index in [0.717, 1.165) is 17.0 Å². The molecule has 0 aromatic carbocycles. The lowest BCUT2D eigenvalue weighted by Gasteiger charge is -2.13. The number of ether oxygens (including phenoxy) is 2. The second-order valence-corrected chi connectivity index (χ2v) is 5.49. The summed E-state index contributed by atoms with van der Waals surface area (Å²) >= 11 is 5.12. The fraction of sp³-hybridized carbons (Fsp3) is 0.533. The van der Waals surface area contributed by atoms with Gasteiger partial charge in [-0.15, -0.1) is 0 Å². The summed E-state index contributed by atoms with van der Waals surface area (Å²) < 4.78 is 10.1. The zero-order valence-electron chi connectivity index (χ0n) is 14.1. The first-order valence-electron chi connectivity index (χ1n) is 7.35. The summed E-state index contributed by atoms with van der Waals surface area (Å²) in [5, 5.41) is 7.50. The van der Waals surface area contributed by atoms with Crippen molar-refractivity contribution in [3.8, 4) is 0 Å². The van der Waals surface area contributed by atoms with Gasteiger partial charge in [0.25, 0.3) is 0 Å². The lowest BCUT2D eigenvalue weighted by Crippen LogP contribution is -2.40. The van der Waals surface area contributed by atoms with Crippen LogP contribution < -0.4 is 10.7 Å². The normalized spacial score (nSPS) is 12.2. The highest BCUT2D eigenvalue weighted by Gasteiger charge is 2.18. The van der Waals surface area contributed by atoms with Gasteiger partial charge in [-0.3, -0.25) is 5.43 Å². The van der Waals surface area contributed by atoms with Gasteiger partial charge in [-0.05, 0) is 45.5 Å². The van der Waals surface area contributed by atoms with Crippen molar-refractivity contribution in [2.24, 2.45) is 5.10 Å². The van der Waals surface area contributed by atoms with E-state index in [2.05, 4.69) is 20.8 Å². The zero-order valence-corrected chi connectivity index (χ0v) is 15.0. The number of aromatic amines is 1. The number of aryl methyl sites for hydroxylation is 1. The fourth-order valence-corrected chi connectivity index (χ4v) is 2.37. The Hall–Kier alpha value is -1.93. The van der Waals surface area contributed by atoms with Crippen LogP contribution in [0.2, 0.25) is 0 Å². The zero-order chi connectivity index (χ0) is 17.4. The molecule has 0 aliphatic carbocycles. The average Bonchev–Trinajstić information content (AvgIpc) is 2.74. The summed E-state index contributed by atoms with van der Waals surface area (Å²) in [6, 6.07) is 0.0834. The Morgan fingerprint density at radius 2 is 2.17 bits per heavy atom. The van der Waals surface area contributed by atoms with Gasteiger partial charge in [0, 0.05) is 18.8 Å². The molecule has 0 fully saturated rings. The number of thiocarbonyl (C=S) groups is 1. The Balaban J connectivity index is 2.69. The van der Waals surface area contributed by atoms with Crippen molar-refractivity contribution in [1.29, 1.82) is 0 Å². The predicted octanol–water partition coefficient (Wildman–Crippen LogP) is 1.64. The minimum Gasteiger partial charge on any atom is -0.462 e. The summed E-state index contributed by atoms with van der Waals surface area (Å²) in [6.07, 6.45) is 1.58. The van der Waals surface area contributed by atoms with Crippen LogP contribution in [0, 0.1) is 13.8 Å². The molecule has 128 valence electrons. The number of esters is 1. The molecule has 23 heavy (non-hydrogen) atoms. The Bertz CT molecular complexity index is 584. The topological polar surface area (TPSA) is 87.7 Å². The third-order valence-electron chi connectivity index (χ3n) is 3.11. The third-order valence-corrected chi connectivity index (χ3v) is 3.32. The van der Waals surface area contributed by atoms with Crippen molar-refractivity contribution >= 4 is 29.5 Å². The van der Waals surface area contributed by atoms with E-state index in [9.17, 15) is 4.79 Å². The van der Waals surface area contributed by atoms with Crippen LogP contribution in [0.1, 0.15) is 41.2 Å². The summed E-state index contributed by atoms with van der Waals surface area (Å²) in [7, 11) is 1.63. The maximum absolute atomic E-state index is 11.9. The van der Waals surface area contributed by atoms with E-state index >= 15 is 0 Å². The van der Waals surface area contributed by atoms with E-state index in [-0.39, 0.29) is 12.0 Å². The number of nitrogens with zero attached hydrogens (tertiary/aromatic N) is 1. The number of H-pyrrole nitrogens is 1. The maximum Gasteiger partial charge on any atom is 0.340 e. The molecule has 0 radical (unpaired) electrons. The van der Waals surface area contributed by atoms with Crippen LogP contribution in [0.15, 0.2) is 5.10 Å². The Labute approximate surface area is 141 Å². The molecule has 1 aromatic rings. The van der Waals surface area contributed by atoms with Crippen LogP contribution in [-0.4, -0.2) is 48.6 Å². The molecule has 0 unspecified atom stereocenters. The molecule has 3 N–H and O–H groups in total. The summed E-state index contributed by atoms with van der Waals surface area (Å²) in [4.78, 5) is 15.0. The van der Waals surface area contributed by atoms with E-state index in [1.807, 2.05) is 20.8 Å². The van der Waals surface area contributed by atoms with Crippen LogP contribution in [0.4, 0.5) is 0 Å². The molecule has 0 bridgehead atoms. The van der Waals surface area contributed by atoms with E-state index in [0.29, 0.717) is 23.9 Å². The van der Waals surface area contributed by atoms with Crippen LogP contribution in [0.5, 0.6) is 0 Å². The van der Waals surface area contributed by atoms with Gasteiger partial charge in [0.15, 0.2) is 5.11 Å². The van der Waals surface area contributed by atoms with Crippen molar-refractivity contribution in [1.82, 2.24) is 15.7 Å². The molecule has 8 heteroatoms. The largest absolute Gasteiger partial charge is 0.462 e. The van der Waals surface area contributed by atoms with Gasteiger partial charge in [-0.2, -0.15) is 5.10 Å².